The molecule has 2 saturated carbocycles. The van der Waals surface area contributed by atoms with Crippen molar-refractivity contribution in [3.8, 4) is 0 Å². The van der Waals surface area contributed by atoms with Crippen LogP contribution in [0.4, 0.5) is 0 Å². The molecule has 58 valence electrons. The average molecular weight is 139 g/mol. The van der Waals surface area contributed by atoms with Crippen molar-refractivity contribution in [2.75, 3.05) is 13.6 Å². The second-order valence-corrected chi connectivity index (χ2v) is 3.91. The van der Waals surface area contributed by atoms with Crippen molar-refractivity contribution in [1.29, 1.82) is 0 Å². The van der Waals surface area contributed by atoms with Crippen LogP contribution in [0.2, 0.25) is 0 Å². The molecule has 0 aromatic carbocycles. The second kappa shape index (κ2) is 2.54. The smallest absolute Gasteiger partial charge is 0.00207 e. The van der Waals surface area contributed by atoms with Crippen LogP contribution < -0.4 is 5.32 Å². The fourth-order valence-corrected chi connectivity index (χ4v) is 2.84. The second-order valence-electron chi connectivity index (χ2n) is 3.91. The van der Waals surface area contributed by atoms with E-state index < -0.39 is 0 Å². The van der Waals surface area contributed by atoms with Gasteiger partial charge >= 0.3 is 0 Å². The van der Waals surface area contributed by atoms with Crippen molar-refractivity contribution in [1.82, 2.24) is 5.32 Å². The quantitative estimate of drug-likeness (QED) is 0.613. The largest absolute Gasteiger partial charge is 0.319 e. The van der Waals surface area contributed by atoms with Gasteiger partial charge in [-0.15, -0.1) is 0 Å². The standard InChI is InChI=1S/C9H17N/c1-10-6-8-5-7-3-2-4-9(7)8/h7-10H,2-6H2,1H3. The molecule has 2 rings (SSSR count). The number of hydrogen-bond donors (Lipinski definition) is 1. The van der Waals surface area contributed by atoms with Gasteiger partial charge in [-0.05, 0) is 44.2 Å². The van der Waals surface area contributed by atoms with Crippen LogP contribution in [0.3, 0.4) is 0 Å². The Morgan fingerprint density at radius 3 is 3.00 bits per heavy atom. The number of rotatable bonds is 2. The van der Waals surface area contributed by atoms with E-state index in [0.717, 1.165) is 17.8 Å². The lowest BCUT2D eigenvalue weighted by Gasteiger charge is -2.40. The first kappa shape index (κ1) is 6.66. The van der Waals surface area contributed by atoms with E-state index in [4.69, 9.17) is 0 Å². The maximum Gasteiger partial charge on any atom is -0.00207 e. The molecule has 2 aliphatic carbocycles. The third kappa shape index (κ3) is 0.878. The monoisotopic (exact) mass is 139 g/mol. The van der Waals surface area contributed by atoms with E-state index in [9.17, 15) is 0 Å². The number of fused-ring (bicyclic) bond motifs is 1. The average Bonchev–Trinajstić information content (AvgIpc) is 2.26. The maximum atomic E-state index is 3.28. The van der Waals surface area contributed by atoms with E-state index in [1.807, 2.05) is 0 Å². The van der Waals surface area contributed by atoms with E-state index in [0.29, 0.717) is 0 Å². The van der Waals surface area contributed by atoms with Crippen LogP contribution >= 0.6 is 0 Å². The molecule has 1 N–H and O–H groups in total. The molecule has 0 aliphatic heterocycles. The lowest BCUT2D eigenvalue weighted by atomic mass is 9.67. The molecule has 3 unspecified atom stereocenters. The first-order valence-electron chi connectivity index (χ1n) is 4.56. The Labute approximate surface area is 63.2 Å². The minimum absolute atomic E-state index is 1.04. The summed E-state index contributed by atoms with van der Waals surface area (Å²) in [6.07, 6.45) is 6.09. The van der Waals surface area contributed by atoms with E-state index >= 15 is 0 Å². The summed E-state index contributed by atoms with van der Waals surface area (Å²) in [4.78, 5) is 0. The van der Waals surface area contributed by atoms with Crippen molar-refractivity contribution < 1.29 is 0 Å². The van der Waals surface area contributed by atoms with Gasteiger partial charge in [0.2, 0.25) is 0 Å². The molecule has 2 fully saturated rings. The first-order valence-corrected chi connectivity index (χ1v) is 4.56. The van der Waals surface area contributed by atoms with Gasteiger partial charge in [-0.2, -0.15) is 0 Å². The van der Waals surface area contributed by atoms with E-state index in [-0.39, 0.29) is 0 Å². The number of nitrogens with one attached hydrogen (secondary N) is 1. The lowest BCUT2D eigenvalue weighted by molar-refractivity contribution is 0.104. The van der Waals surface area contributed by atoms with E-state index in [1.165, 1.54) is 32.2 Å². The molecule has 10 heavy (non-hydrogen) atoms. The van der Waals surface area contributed by atoms with Crippen LogP contribution in [0, 0.1) is 17.8 Å². The molecule has 1 nitrogen and oxygen atoms in total. The molecule has 3 atom stereocenters. The maximum absolute atomic E-state index is 3.28. The Morgan fingerprint density at radius 2 is 2.30 bits per heavy atom. The molecule has 0 radical (unpaired) electrons. The Kier molecular flexibility index (Phi) is 1.69. The molecule has 0 heterocycles. The van der Waals surface area contributed by atoms with Gasteiger partial charge in [-0.25, -0.2) is 0 Å². The highest BCUT2D eigenvalue weighted by Gasteiger charge is 2.42. The third-order valence-corrected chi connectivity index (χ3v) is 3.40. The highest BCUT2D eigenvalue weighted by atomic mass is 14.8. The topological polar surface area (TPSA) is 12.0 Å². The lowest BCUT2D eigenvalue weighted by Crippen LogP contribution is -2.38. The molecule has 0 amide bonds. The van der Waals surface area contributed by atoms with E-state index in [1.54, 1.807) is 0 Å². The van der Waals surface area contributed by atoms with Gasteiger partial charge in [-0.1, -0.05) is 12.8 Å². The molecular formula is C9H17N. The molecule has 0 saturated heterocycles. The Balaban J connectivity index is 1.83. The summed E-state index contributed by atoms with van der Waals surface area (Å²) in [6.45, 7) is 1.27. The third-order valence-electron chi connectivity index (χ3n) is 3.40. The fraction of sp³-hybridized carbons (Fsp3) is 1.00. The van der Waals surface area contributed by atoms with Crippen LogP contribution in [-0.4, -0.2) is 13.6 Å². The normalized spacial score (nSPS) is 44.7. The molecule has 0 spiro atoms. The zero-order chi connectivity index (χ0) is 6.97. The van der Waals surface area contributed by atoms with Crippen LogP contribution in [-0.2, 0) is 0 Å². The number of hydrogen-bond acceptors (Lipinski definition) is 1. The summed E-state index contributed by atoms with van der Waals surface area (Å²) < 4.78 is 0. The van der Waals surface area contributed by atoms with Crippen molar-refractivity contribution in [3.63, 3.8) is 0 Å². The summed E-state index contributed by atoms with van der Waals surface area (Å²) in [6, 6.07) is 0. The summed E-state index contributed by atoms with van der Waals surface area (Å²) in [5.74, 6) is 3.29. The molecule has 0 aromatic rings. The van der Waals surface area contributed by atoms with Gasteiger partial charge in [0.05, 0.1) is 0 Å². The van der Waals surface area contributed by atoms with Crippen LogP contribution in [0.1, 0.15) is 25.7 Å². The highest BCUT2D eigenvalue weighted by molar-refractivity contribution is 4.93. The Morgan fingerprint density at radius 1 is 1.40 bits per heavy atom. The highest BCUT2D eigenvalue weighted by Crippen LogP contribution is 2.50. The van der Waals surface area contributed by atoms with Crippen molar-refractivity contribution in [2.45, 2.75) is 25.7 Å². The summed E-state index contributed by atoms with van der Waals surface area (Å²) >= 11 is 0. The molecular weight excluding hydrogens is 122 g/mol. The predicted molar refractivity (Wildman–Crippen MR) is 42.9 cm³/mol. The van der Waals surface area contributed by atoms with Crippen molar-refractivity contribution >= 4 is 0 Å². The van der Waals surface area contributed by atoms with Gasteiger partial charge < -0.3 is 5.32 Å². The fourth-order valence-electron chi connectivity index (χ4n) is 2.84. The van der Waals surface area contributed by atoms with Gasteiger partial charge in [0.25, 0.3) is 0 Å². The predicted octanol–water partition coefficient (Wildman–Crippen LogP) is 1.64. The molecule has 0 bridgehead atoms. The van der Waals surface area contributed by atoms with Crippen LogP contribution in [0.25, 0.3) is 0 Å². The Hall–Kier alpha value is -0.0400. The van der Waals surface area contributed by atoms with Crippen LogP contribution in [0.5, 0.6) is 0 Å². The molecule has 2 aliphatic rings. The summed E-state index contributed by atoms with van der Waals surface area (Å²) in [5, 5.41) is 3.28. The Bertz CT molecular complexity index is 122. The minimum Gasteiger partial charge on any atom is -0.319 e. The van der Waals surface area contributed by atoms with Crippen molar-refractivity contribution in [3.05, 3.63) is 0 Å². The molecule has 0 aromatic heterocycles. The van der Waals surface area contributed by atoms with E-state index in [2.05, 4.69) is 12.4 Å². The zero-order valence-electron chi connectivity index (χ0n) is 6.77. The van der Waals surface area contributed by atoms with Crippen molar-refractivity contribution in [2.24, 2.45) is 17.8 Å². The van der Waals surface area contributed by atoms with Crippen LogP contribution in [0.15, 0.2) is 0 Å². The minimum atomic E-state index is 1.04. The van der Waals surface area contributed by atoms with Gasteiger partial charge in [0.1, 0.15) is 0 Å². The molecule has 1 heteroatoms. The SMILES string of the molecule is CNCC1CC2CCCC21. The van der Waals surface area contributed by atoms with Gasteiger partial charge in [-0.3, -0.25) is 0 Å². The van der Waals surface area contributed by atoms with Gasteiger partial charge in [0, 0.05) is 0 Å². The van der Waals surface area contributed by atoms with Gasteiger partial charge in [0.15, 0.2) is 0 Å². The first-order chi connectivity index (χ1) is 4.92. The zero-order valence-corrected chi connectivity index (χ0v) is 6.77. The summed E-state index contributed by atoms with van der Waals surface area (Å²) in [7, 11) is 2.07. The summed E-state index contributed by atoms with van der Waals surface area (Å²) in [5.41, 5.74) is 0.